The van der Waals surface area contributed by atoms with Gasteiger partial charge in [-0.05, 0) is 53.9 Å². The monoisotopic (exact) mass is 530 g/mol. The summed E-state index contributed by atoms with van der Waals surface area (Å²) in [5.41, 5.74) is 4.66. The molecule has 4 aromatic rings. The van der Waals surface area contributed by atoms with Gasteiger partial charge >= 0.3 is 0 Å². The maximum Gasteiger partial charge on any atom is 0.275 e. The van der Waals surface area contributed by atoms with E-state index < -0.39 is 0 Å². The van der Waals surface area contributed by atoms with E-state index in [4.69, 9.17) is 9.47 Å². The number of hydrogen-bond donors (Lipinski definition) is 1. The number of carbonyl (C=O) groups excluding carboxylic acids is 1. The number of pyridine rings is 1. The molecule has 0 saturated heterocycles. The van der Waals surface area contributed by atoms with Crippen molar-refractivity contribution in [3.63, 3.8) is 0 Å². The fraction of sp³-hybridized carbons (Fsp3) is 0.143. The zero-order valence-electron chi connectivity index (χ0n) is 19.3. The third-order valence-electron chi connectivity index (χ3n) is 6.23. The van der Waals surface area contributed by atoms with Crippen molar-refractivity contribution in [2.75, 3.05) is 19.5 Å². The fourth-order valence-electron chi connectivity index (χ4n) is 4.48. The van der Waals surface area contributed by atoms with Crippen LogP contribution >= 0.6 is 15.9 Å². The molecule has 1 aliphatic heterocycles. The first kappa shape index (κ1) is 22.9. The van der Waals surface area contributed by atoms with Crippen LogP contribution in [0.3, 0.4) is 0 Å². The van der Waals surface area contributed by atoms with Crippen molar-refractivity contribution in [2.24, 2.45) is 0 Å². The molecule has 0 spiro atoms. The van der Waals surface area contributed by atoms with Crippen LogP contribution in [0, 0.1) is 0 Å². The quantitative estimate of drug-likeness (QED) is 0.355. The molecule has 6 nitrogen and oxygen atoms in total. The highest BCUT2D eigenvalue weighted by molar-refractivity contribution is 9.10. The Kier molecular flexibility index (Phi) is 6.17. The molecule has 3 aromatic carbocycles. The summed E-state index contributed by atoms with van der Waals surface area (Å²) in [6.45, 7) is 0.487. The maximum atomic E-state index is 13.9. The van der Waals surface area contributed by atoms with E-state index in [-0.39, 0.29) is 17.2 Å². The third-order valence-corrected chi connectivity index (χ3v) is 6.92. The van der Waals surface area contributed by atoms with Crippen molar-refractivity contribution < 1.29 is 14.3 Å². The van der Waals surface area contributed by atoms with E-state index in [9.17, 15) is 9.59 Å². The second kappa shape index (κ2) is 9.43. The highest BCUT2D eigenvalue weighted by atomic mass is 79.9. The van der Waals surface area contributed by atoms with Crippen LogP contribution in [0.2, 0.25) is 0 Å². The molecule has 1 amide bonds. The number of hydrogen-bond acceptors (Lipinski definition) is 4. The summed E-state index contributed by atoms with van der Waals surface area (Å²) in [7, 11) is 3.20. The SMILES string of the molecule is COc1cc2c(cc1OC)-c1cc(-c3ccccc3Br)c(NC(=O)c3ccccc3)c(=O)n1CC2. The van der Waals surface area contributed by atoms with Crippen molar-refractivity contribution in [3.8, 4) is 33.9 Å². The number of anilines is 1. The molecule has 0 saturated carbocycles. The van der Waals surface area contributed by atoms with Gasteiger partial charge < -0.3 is 19.4 Å². The number of carbonyl (C=O) groups is 1. The largest absolute Gasteiger partial charge is 0.493 e. The van der Waals surface area contributed by atoms with Crippen molar-refractivity contribution in [3.05, 3.63) is 98.7 Å². The average Bonchev–Trinajstić information content (AvgIpc) is 2.89. The van der Waals surface area contributed by atoms with Gasteiger partial charge in [0.2, 0.25) is 0 Å². The fourth-order valence-corrected chi connectivity index (χ4v) is 4.98. The first-order valence-corrected chi connectivity index (χ1v) is 12.0. The minimum absolute atomic E-state index is 0.249. The molecule has 35 heavy (non-hydrogen) atoms. The van der Waals surface area contributed by atoms with Crippen LogP contribution < -0.4 is 20.3 Å². The number of nitrogens with one attached hydrogen (secondary N) is 1. The number of ether oxygens (including phenoxy) is 2. The highest BCUT2D eigenvalue weighted by Crippen LogP contribution is 2.41. The number of fused-ring (bicyclic) bond motifs is 3. The molecule has 1 N–H and O–H groups in total. The lowest BCUT2D eigenvalue weighted by atomic mass is 9.93. The average molecular weight is 531 g/mol. The predicted octanol–water partition coefficient (Wildman–Crippen LogP) is 5.77. The van der Waals surface area contributed by atoms with E-state index in [1.165, 1.54) is 0 Å². The molecule has 5 rings (SSSR count). The molecule has 7 heteroatoms. The molecule has 0 bridgehead atoms. The number of nitrogens with zero attached hydrogens (tertiary/aromatic N) is 1. The minimum Gasteiger partial charge on any atom is -0.493 e. The van der Waals surface area contributed by atoms with E-state index in [1.807, 2.05) is 48.5 Å². The van der Waals surface area contributed by atoms with Crippen LogP contribution in [0.1, 0.15) is 15.9 Å². The zero-order valence-corrected chi connectivity index (χ0v) is 20.9. The van der Waals surface area contributed by atoms with Crippen LogP contribution in [0.15, 0.2) is 82.1 Å². The summed E-state index contributed by atoms with van der Waals surface area (Å²) in [4.78, 5) is 26.9. The number of amides is 1. The Morgan fingerprint density at radius 1 is 0.886 bits per heavy atom. The lowest BCUT2D eigenvalue weighted by molar-refractivity contribution is 0.102. The zero-order chi connectivity index (χ0) is 24.5. The standard InChI is InChI=1S/C28H23BrN2O4/c1-34-24-14-18-12-13-31-23(20(18)16-25(24)35-2)15-21(19-10-6-7-11-22(19)29)26(28(31)33)30-27(32)17-8-4-3-5-9-17/h3-11,14-16H,12-13H2,1-2H3,(H,30,32). The van der Waals surface area contributed by atoms with Crippen LogP contribution in [-0.4, -0.2) is 24.7 Å². The molecule has 0 aliphatic carbocycles. The second-order valence-electron chi connectivity index (χ2n) is 8.19. The molecule has 0 fully saturated rings. The normalized spacial score (nSPS) is 11.9. The molecule has 0 radical (unpaired) electrons. The molecule has 1 aliphatic rings. The highest BCUT2D eigenvalue weighted by Gasteiger charge is 2.25. The van der Waals surface area contributed by atoms with Crippen LogP contribution in [-0.2, 0) is 13.0 Å². The topological polar surface area (TPSA) is 69.6 Å². The summed E-state index contributed by atoms with van der Waals surface area (Å²) in [5, 5.41) is 2.90. The van der Waals surface area contributed by atoms with E-state index in [2.05, 4.69) is 21.2 Å². The number of aryl methyl sites for hydroxylation is 1. The molecular formula is C28H23BrN2O4. The predicted molar refractivity (Wildman–Crippen MR) is 140 cm³/mol. The van der Waals surface area contributed by atoms with Gasteiger partial charge in [0.05, 0.1) is 19.9 Å². The van der Waals surface area contributed by atoms with Crippen LogP contribution in [0.5, 0.6) is 11.5 Å². The van der Waals surface area contributed by atoms with Gasteiger partial charge in [-0.3, -0.25) is 9.59 Å². The Morgan fingerprint density at radius 2 is 1.57 bits per heavy atom. The number of halogens is 1. The van der Waals surface area contributed by atoms with Gasteiger partial charge in [-0.2, -0.15) is 0 Å². The Balaban J connectivity index is 1.74. The summed E-state index contributed by atoms with van der Waals surface area (Å²) in [6, 6.07) is 22.4. The summed E-state index contributed by atoms with van der Waals surface area (Å²) < 4.78 is 13.6. The van der Waals surface area contributed by atoms with Gasteiger partial charge in [0.25, 0.3) is 11.5 Å². The maximum absolute atomic E-state index is 13.9. The lowest BCUT2D eigenvalue weighted by Crippen LogP contribution is -2.30. The van der Waals surface area contributed by atoms with Crippen molar-refractivity contribution >= 4 is 27.5 Å². The molecule has 176 valence electrons. The van der Waals surface area contributed by atoms with Crippen molar-refractivity contribution in [2.45, 2.75) is 13.0 Å². The summed E-state index contributed by atoms with van der Waals surface area (Å²) in [5.74, 6) is 0.912. The van der Waals surface area contributed by atoms with Gasteiger partial charge in [-0.15, -0.1) is 0 Å². The molecule has 2 heterocycles. The Labute approximate surface area is 211 Å². The number of rotatable bonds is 5. The minimum atomic E-state index is -0.334. The van der Waals surface area contributed by atoms with Gasteiger partial charge in [0.1, 0.15) is 5.69 Å². The van der Waals surface area contributed by atoms with Gasteiger partial charge in [-0.25, -0.2) is 0 Å². The van der Waals surface area contributed by atoms with Crippen LogP contribution in [0.25, 0.3) is 22.4 Å². The first-order chi connectivity index (χ1) is 17.0. The van der Waals surface area contributed by atoms with E-state index in [1.54, 1.807) is 43.1 Å². The van der Waals surface area contributed by atoms with Gasteiger partial charge in [-0.1, -0.05) is 52.3 Å². The first-order valence-electron chi connectivity index (χ1n) is 11.2. The van der Waals surface area contributed by atoms with E-state index in [0.29, 0.717) is 35.6 Å². The summed E-state index contributed by atoms with van der Waals surface area (Å²) in [6.07, 6.45) is 0.656. The van der Waals surface area contributed by atoms with Crippen molar-refractivity contribution in [1.29, 1.82) is 0 Å². The molecule has 0 atom stereocenters. The number of methoxy groups -OCH3 is 2. The molecule has 1 aromatic heterocycles. The van der Waals surface area contributed by atoms with Gasteiger partial charge in [0.15, 0.2) is 11.5 Å². The molecule has 0 unspecified atom stereocenters. The van der Waals surface area contributed by atoms with E-state index >= 15 is 0 Å². The Bertz CT molecular complexity index is 1500. The smallest absolute Gasteiger partial charge is 0.275 e. The second-order valence-corrected chi connectivity index (χ2v) is 9.04. The van der Waals surface area contributed by atoms with E-state index in [0.717, 1.165) is 26.9 Å². The lowest BCUT2D eigenvalue weighted by Gasteiger charge is -2.26. The third kappa shape index (κ3) is 4.12. The Morgan fingerprint density at radius 3 is 2.29 bits per heavy atom. The Hall–Kier alpha value is -3.84. The molecular weight excluding hydrogens is 508 g/mol. The number of benzene rings is 3. The van der Waals surface area contributed by atoms with Crippen molar-refractivity contribution in [1.82, 2.24) is 4.57 Å². The summed E-state index contributed by atoms with van der Waals surface area (Å²) >= 11 is 3.61. The number of aromatic nitrogens is 1. The van der Waals surface area contributed by atoms with Crippen LogP contribution in [0.4, 0.5) is 5.69 Å². The van der Waals surface area contributed by atoms with Gasteiger partial charge in [0, 0.05) is 27.7 Å².